The van der Waals surface area contributed by atoms with Crippen LogP contribution in [0.1, 0.15) is 30.9 Å². The molecule has 6 heteroatoms. The Morgan fingerprint density at radius 1 is 1.38 bits per heavy atom. The molecule has 3 aliphatic heterocycles. The van der Waals surface area contributed by atoms with Gasteiger partial charge in [-0.25, -0.2) is 0 Å². The summed E-state index contributed by atoms with van der Waals surface area (Å²) in [5, 5.41) is 20.5. The fourth-order valence-electron chi connectivity index (χ4n) is 3.65. The molecule has 0 amide bonds. The van der Waals surface area contributed by atoms with Gasteiger partial charge in [0.1, 0.15) is 11.5 Å². The van der Waals surface area contributed by atoms with Crippen LogP contribution in [0, 0.1) is 16.7 Å². The zero-order chi connectivity index (χ0) is 14.6. The number of halogens is 1. The largest absolute Gasteiger partial charge is 0.454 e. The van der Waals surface area contributed by atoms with Crippen molar-refractivity contribution in [1.29, 1.82) is 5.26 Å². The molecule has 0 aromatic heterocycles. The van der Waals surface area contributed by atoms with Crippen LogP contribution >= 0.6 is 15.9 Å². The SMILES string of the molecule is N#CC1(C(O)c2cc(Br)c3c(c2)OCO3)CC2CCC1O2. The van der Waals surface area contributed by atoms with Gasteiger partial charge in [-0.1, -0.05) is 0 Å². The summed E-state index contributed by atoms with van der Waals surface area (Å²) in [4.78, 5) is 0. The van der Waals surface area contributed by atoms with Crippen molar-refractivity contribution in [3.05, 3.63) is 22.2 Å². The number of hydrogen-bond donors (Lipinski definition) is 1. The highest BCUT2D eigenvalue weighted by Gasteiger charge is 2.57. The third kappa shape index (κ3) is 1.81. The molecule has 4 unspecified atom stereocenters. The average Bonchev–Trinajstić information content (AvgIpc) is 3.20. The van der Waals surface area contributed by atoms with Gasteiger partial charge in [-0.3, -0.25) is 0 Å². The molecule has 2 bridgehead atoms. The maximum Gasteiger partial charge on any atom is 0.231 e. The highest BCUT2D eigenvalue weighted by Crippen LogP contribution is 2.55. The Bertz CT molecular complexity index is 643. The van der Waals surface area contributed by atoms with Gasteiger partial charge in [0.2, 0.25) is 6.79 Å². The minimum Gasteiger partial charge on any atom is -0.454 e. The maximum absolute atomic E-state index is 10.8. The Morgan fingerprint density at radius 2 is 2.24 bits per heavy atom. The molecule has 5 nitrogen and oxygen atoms in total. The molecule has 1 aromatic carbocycles. The van der Waals surface area contributed by atoms with E-state index in [0.717, 1.165) is 17.3 Å². The number of benzene rings is 1. The molecule has 3 aliphatic rings. The van der Waals surface area contributed by atoms with Gasteiger partial charge in [0.05, 0.1) is 22.7 Å². The van der Waals surface area contributed by atoms with E-state index < -0.39 is 11.5 Å². The quantitative estimate of drug-likeness (QED) is 0.886. The molecule has 0 radical (unpaired) electrons. The van der Waals surface area contributed by atoms with Crippen molar-refractivity contribution in [2.75, 3.05) is 6.79 Å². The molecule has 1 aromatic rings. The van der Waals surface area contributed by atoms with E-state index in [0.29, 0.717) is 23.5 Å². The summed E-state index contributed by atoms with van der Waals surface area (Å²) in [5.41, 5.74) is -0.209. The number of ether oxygens (including phenoxy) is 3. The predicted octanol–water partition coefficient (Wildman–Crippen LogP) is 2.67. The van der Waals surface area contributed by atoms with Crippen LogP contribution < -0.4 is 9.47 Å². The minimum atomic E-state index is -0.899. The monoisotopic (exact) mass is 351 g/mol. The van der Waals surface area contributed by atoms with Crippen LogP contribution in [0.25, 0.3) is 0 Å². The summed E-state index contributed by atoms with van der Waals surface area (Å²) in [7, 11) is 0. The molecule has 0 spiro atoms. The van der Waals surface area contributed by atoms with Gasteiger partial charge in [0.25, 0.3) is 0 Å². The number of rotatable bonds is 2. The second-order valence-corrected chi connectivity index (χ2v) is 6.67. The summed E-state index contributed by atoms with van der Waals surface area (Å²) in [6.07, 6.45) is 1.41. The molecule has 21 heavy (non-hydrogen) atoms. The number of fused-ring (bicyclic) bond motifs is 3. The zero-order valence-corrected chi connectivity index (χ0v) is 12.8. The number of nitriles is 1. The minimum absolute atomic E-state index is 0.0988. The van der Waals surface area contributed by atoms with E-state index in [1.54, 1.807) is 12.1 Å². The Hall–Kier alpha value is -1.29. The van der Waals surface area contributed by atoms with Crippen molar-refractivity contribution in [1.82, 2.24) is 0 Å². The summed E-state index contributed by atoms with van der Waals surface area (Å²) in [5.74, 6) is 1.23. The van der Waals surface area contributed by atoms with Crippen LogP contribution in [0.5, 0.6) is 11.5 Å². The third-order valence-electron chi connectivity index (χ3n) is 4.71. The normalized spacial score (nSPS) is 34.0. The van der Waals surface area contributed by atoms with E-state index >= 15 is 0 Å². The van der Waals surface area contributed by atoms with E-state index in [9.17, 15) is 10.4 Å². The first-order chi connectivity index (χ1) is 10.1. The highest BCUT2D eigenvalue weighted by atomic mass is 79.9. The highest BCUT2D eigenvalue weighted by molar-refractivity contribution is 9.10. The molecule has 110 valence electrons. The lowest BCUT2D eigenvalue weighted by atomic mass is 9.69. The maximum atomic E-state index is 10.8. The van der Waals surface area contributed by atoms with Crippen LogP contribution in [-0.2, 0) is 4.74 Å². The molecule has 0 aliphatic carbocycles. The van der Waals surface area contributed by atoms with Gasteiger partial charge in [-0.15, -0.1) is 0 Å². The van der Waals surface area contributed by atoms with Gasteiger partial charge in [0.15, 0.2) is 11.5 Å². The smallest absolute Gasteiger partial charge is 0.231 e. The molecule has 4 rings (SSSR count). The first-order valence-electron chi connectivity index (χ1n) is 6.98. The molecule has 1 N–H and O–H groups in total. The van der Waals surface area contributed by atoms with Gasteiger partial charge >= 0.3 is 0 Å². The standard InChI is InChI=1S/C15H14BrNO4/c16-10-3-8(4-11-13(10)20-7-19-11)14(18)15(6-17)5-9-1-2-12(15)21-9/h3-4,9,12,14,18H,1-2,5,7H2. The van der Waals surface area contributed by atoms with Crippen LogP contribution in [0.3, 0.4) is 0 Å². The van der Waals surface area contributed by atoms with Crippen molar-refractivity contribution in [2.45, 2.75) is 37.6 Å². The second-order valence-electron chi connectivity index (χ2n) is 5.82. The van der Waals surface area contributed by atoms with Crippen molar-refractivity contribution in [3.63, 3.8) is 0 Å². The van der Waals surface area contributed by atoms with E-state index in [1.807, 2.05) is 0 Å². The number of aliphatic hydroxyl groups excluding tert-OH is 1. The van der Waals surface area contributed by atoms with Crippen LogP contribution in [-0.4, -0.2) is 24.1 Å². The summed E-state index contributed by atoms with van der Waals surface area (Å²) < 4.78 is 17.3. The summed E-state index contributed by atoms with van der Waals surface area (Å²) in [6, 6.07) is 5.88. The summed E-state index contributed by atoms with van der Waals surface area (Å²) in [6.45, 7) is 0.171. The lowest BCUT2D eigenvalue weighted by molar-refractivity contribution is 0.00331. The Kier molecular flexibility index (Phi) is 2.93. The van der Waals surface area contributed by atoms with Gasteiger partial charge < -0.3 is 19.3 Å². The molecule has 0 saturated carbocycles. The second kappa shape index (κ2) is 4.60. The van der Waals surface area contributed by atoms with E-state index in [1.165, 1.54) is 0 Å². The average molecular weight is 352 g/mol. The van der Waals surface area contributed by atoms with Gasteiger partial charge in [-0.05, 0) is 52.9 Å². The molecule has 2 saturated heterocycles. The van der Waals surface area contributed by atoms with Gasteiger partial charge in [-0.2, -0.15) is 5.26 Å². The molecule has 4 atom stereocenters. The molecular weight excluding hydrogens is 338 g/mol. The number of hydrogen-bond acceptors (Lipinski definition) is 5. The fourth-order valence-corrected chi connectivity index (χ4v) is 4.23. The number of nitrogens with zero attached hydrogens (tertiary/aromatic N) is 1. The Balaban J connectivity index is 1.73. The fraction of sp³-hybridized carbons (Fsp3) is 0.533. The predicted molar refractivity (Wildman–Crippen MR) is 75.8 cm³/mol. The van der Waals surface area contributed by atoms with Crippen molar-refractivity contribution in [2.24, 2.45) is 5.41 Å². The third-order valence-corrected chi connectivity index (χ3v) is 5.30. The first-order valence-corrected chi connectivity index (χ1v) is 7.77. The van der Waals surface area contributed by atoms with Crippen molar-refractivity contribution in [3.8, 4) is 17.6 Å². The van der Waals surface area contributed by atoms with Crippen LogP contribution in [0.15, 0.2) is 16.6 Å². The lowest BCUT2D eigenvalue weighted by Gasteiger charge is -2.33. The zero-order valence-electron chi connectivity index (χ0n) is 11.2. The molecule has 2 fully saturated rings. The molecule has 3 heterocycles. The number of aliphatic hydroxyl groups is 1. The topological polar surface area (TPSA) is 71.7 Å². The van der Waals surface area contributed by atoms with E-state index in [4.69, 9.17) is 14.2 Å². The lowest BCUT2D eigenvalue weighted by Crippen LogP contribution is -2.37. The van der Waals surface area contributed by atoms with E-state index in [-0.39, 0.29) is 19.0 Å². The van der Waals surface area contributed by atoms with Crippen molar-refractivity contribution < 1.29 is 19.3 Å². The first kappa shape index (κ1) is 13.4. The van der Waals surface area contributed by atoms with Crippen molar-refractivity contribution >= 4 is 15.9 Å². The Labute approximate surface area is 130 Å². The van der Waals surface area contributed by atoms with Crippen LogP contribution in [0.2, 0.25) is 0 Å². The van der Waals surface area contributed by atoms with Gasteiger partial charge in [0, 0.05) is 0 Å². The summed E-state index contributed by atoms with van der Waals surface area (Å²) >= 11 is 3.43. The molecular formula is C15H14BrNO4. The Morgan fingerprint density at radius 3 is 2.90 bits per heavy atom. The van der Waals surface area contributed by atoms with E-state index in [2.05, 4.69) is 22.0 Å². The van der Waals surface area contributed by atoms with Crippen LogP contribution in [0.4, 0.5) is 0 Å².